The Bertz CT molecular complexity index is 480. The highest BCUT2D eigenvalue weighted by Crippen LogP contribution is 2.21. The topological polar surface area (TPSA) is 66.1 Å². The number of aryl methyl sites for hydroxylation is 1. The van der Waals surface area contributed by atoms with Crippen LogP contribution < -0.4 is 0 Å². The summed E-state index contributed by atoms with van der Waals surface area (Å²) in [6.07, 6.45) is -4.49. The molecule has 0 amide bonds. The molecule has 0 saturated heterocycles. The maximum absolute atomic E-state index is 12.0. The second-order valence-corrected chi connectivity index (χ2v) is 5.54. The van der Waals surface area contributed by atoms with Gasteiger partial charge in [-0.05, 0) is 6.92 Å². The molecule has 0 aliphatic rings. The number of H-pyrrole nitrogens is 1. The van der Waals surface area contributed by atoms with Crippen LogP contribution in [0.15, 0.2) is 11.2 Å². The summed E-state index contributed by atoms with van der Waals surface area (Å²) in [5, 5.41) is -0.209. The summed E-state index contributed by atoms with van der Waals surface area (Å²) >= 11 is 0. The maximum Gasteiger partial charge on any atom is 0.390 e. The zero-order valence-corrected chi connectivity index (χ0v) is 10.1. The first-order valence-corrected chi connectivity index (χ1v) is 6.11. The van der Waals surface area contributed by atoms with Crippen molar-refractivity contribution < 1.29 is 21.6 Å². The zero-order valence-electron chi connectivity index (χ0n) is 9.24. The van der Waals surface area contributed by atoms with Crippen molar-refractivity contribution in [3.05, 3.63) is 12.0 Å². The fraction of sp³-hybridized carbons (Fsp3) is 0.625. The molecule has 0 radical (unpaired) electrons. The molecule has 0 atom stereocenters. The van der Waals surface area contributed by atoms with E-state index in [1.165, 1.54) is 0 Å². The first-order chi connectivity index (χ1) is 7.63. The van der Waals surface area contributed by atoms with E-state index >= 15 is 0 Å². The van der Waals surface area contributed by atoms with E-state index < -0.39 is 29.2 Å². The number of hydrogen-bond acceptors (Lipinski definition) is 3. The smallest absolute Gasteiger partial charge is 0.332 e. The van der Waals surface area contributed by atoms with Gasteiger partial charge in [0.25, 0.3) is 10.0 Å². The minimum Gasteiger partial charge on any atom is -0.332 e. The number of aromatic amines is 1. The summed E-state index contributed by atoms with van der Waals surface area (Å²) in [6.45, 7) is 0.929. The predicted octanol–water partition coefficient (Wildman–Crippen LogP) is 1.29. The Hall–Kier alpha value is -1.09. The van der Waals surface area contributed by atoms with Gasteiger partial charge in [0.2, 0.25) is 0 Å². The van der Waals surface area contributed by atoms with Crippen LogP contribution in [-0.4, -0.2) is 42.5 Å². The lowest BCUT2D eigenvalue weighted by Gasteiger charge is -2.16. The van der Waals surface area contributed by atoms with Crippen LogP contribution in [0.5, 0.6) is 0 Å². The number of halogens is 3. The summed E-state index contributed by atoms with van der Waals surface area (Å²) in [7, 11) is -2.83. The molecule has 0 aliphatic carbocycles. The third-order valence-electron chi connectivity index (χ3n) is 2.08. The van der Waals surface area contributed by atoms with Crippen LogP contribution >= 0.6 is 0 Å². The van der Waals surface area contributed by atoms with Gasteiger partial charge in [-0.25, -0.2) is 13.4 Å². The Kier molecular flexibility index (Phi) is 3.82. The number of rotatable bonds is 4. The van der Waals surface area contributed by atoms with Crippen molar-refractivity contribution in [1.82, 2.24) is 14.3 Å². The summed E-state index contributed by atoms with van der Waals surface area (Å²) in [4.78, 5) is 6.16. The monoisotopic (exact) mass is 271 g/mol. The van der Waals surface area contributed by atoms with Gasteiger partial charge in [0.05, 0.1) is 12.6 Å². The van der Waals surface area contributed by atoms with Gasteiger partial charge in [-0.3, -0.25) is 0 Å². The quantitative estimate of drug-likeness (QED) is 0.897. The molecule has 1 rings (SSSR count). The van der Waals surface area contributed by atoms with E-state index in [2.05, 4.69) is 9.97 Å². The summed E-state index contributed by atoms with van der Waals surface area (Å²) in [6, 6.07) is 0. The Morgan fingerprint density at radius 2 is 2.06 bits per heavy atom. The van der Waals surface area contributed by atoms with Crippen LogP contribution in [0, 0.1) is 6.92 Å². The standard InChI is InChI=1S/C8H12F3N3O2S/c1-6-12-5-7(13-6)17(15,16)14(2)4-3-8(9,10)11/h5H,3-4H2,1-2H3,(H,12,13). The van der Waals surface area contributed by atoms with E-state index in [4.69, 9.17) is 0 Å². The fourth-order valence-corrected chi connectivity index (χ4v) is 2.23. The van der Waals surface area contributed by atoms with Crippen molar-refractivity contribution in [3.8, 4) is 0 Å². The number of hydrogen-bond donors (Lipinski definition) is 1. The predicted molar refractivity (Wildman–Crippen MR) is 53.8 cm³/mol. The minimum atomic E-state index is -4.38. The molecule has 17 heavy (non-hydrogen) atoms. The lowest BCUT2D eigenvalue weighted by Crippen LogP contribution is -2.30. The van der Waals surface area contributed by atoms with Crippen LogP contribution in [-0.2, 0) is 10.0 Å². The van der Waals surface area contributed by atoms with Crippen molar-refractivity contribution in [3.63, 3.8) is 0 Å². The molecule has 0 spiro atoms. The number of sulfonamides is 1. The molecule has 0 aromatic carbocycles. The van der Waals surface area contributed by atoms with E-state index in [0.717, 1.165) is 13.2 Å². The Morgan fingerprint density at radius 1 is 1.47 bits per heavy atom. The third-order valence-corrected chi connectivity index (χ3v) is 3.84. The first-order valence-electron chi connectivity index (χ1n) is 4.67. The molecule has 1 heterocycles. The van der Waals surface area contributed by atoms with Crippen molar-refractivity contribution in [2.24, 2.45) is 0 Å². The van der Waals surface area contributed by atoms with Crippen molar-refractivity contribution in [1.29, 1.82) is 0 Å². The molecule has 0 unspecified atom stereocenters. The maximum atomic E-state index is 12.0. The molecule has 9 heteroatoms. The van der Waals surface area contributed by atoms with Crippen LogP contribution in [0.25, 0.3) is 0 Å². The van der Waals surface area contributed by atoms with Crippen LogP contribution in [0.2, 0.25) is 0 Å². The SMILES string of the molecule is Cc1ncc(S(=O)(=O)N(C)CCC(F)(F)F)[nH]1. The zero-order chi connectivity index (χ0) is 13.3. The van der Waals surface area contributed by atoms with E-state index in [1.807, 2.05) is 0 Å². The van der Waals surface area contributed by atoms with Crippen molar-refractivity contribution in [2.45, 2.75) is 24.5 Å². The Labute approximate surface area is 96.7 Å². The van der Waals surface area contributed by atoms with Gasteiger partial charge in [-0.15, -0.1) is 0 Å². The lowest BCUT2D eigenvalue weighted by molar-refractivity contribution is -0.135. The number of imidazole rings is 1. The highest BCUT2D eigenvalue weighted by atomic mass is 32.2. The van der Waals surface area contributed by atoms with Crippen LogP contribution in [0.4, 0.5) is 13.2 Å². The van der Waals surface area contributed by atoms with Gasteiger partial charge in [0.1, 0.15) is 5.82 Å². The van der Waals surface area contributed by atoms with Gasteiger partial charge >= 0.3 is 6.18 Å². The summed E-state index contributed by atoms with van der Waals surface area (Å²) in [5.74, 6) is 0.382. The van der Waals surface area contributed by atoms with Gasteiger partial charge < -0.3 is 4.98 Å². The second kappa shape index (κ2) is 4.65. The second-order valence-electron chi connectivity index (χ2n) is 3.52. The summed E-state index contributed by atoms with van der Waals surface area (Å²) < 4.78 is 60.1. The molecule has 1 N–H and O–H groups in total. The highest BCUT2D eigenvalue weighted by molar-refractivity contribution is 7.89. The fourth-order valence-electron chi connectivity index (χ4n) is 1.10. The van der Waals surface area contributed by atoms with E-state index in [-0.39, 0.29) is 5.03 Å². The number of nitrogens with one attached hydrogen (secondary N) is 1. The number of nitrogens with zero attached hydrogens (tertiary/aromatic N) is 2. The van der Waals surface area contributed by atoms with Crippen LogP contribution in [0.3, 0.4) is 0 Å². The minimum absolute atomic E-state index is 0.209. The van der Waals surface area contributed by atoms with E-state index in [0.29, 0.717) is 10.1 Å². The van der Waals surface area contributed by atoms with E-state index in [9.17, 15) is 21.6 Å². The number of alkyl halides is 3. The average molecular weight is 271 g/mol. The number of aromatic nitrogens is 2. The Balaban J connectivity index is 2.78. The highest BCUT2D eigenvalue weighted by Gasteiger charge is 2.30. The van der Waals surface area contributed by atoms with E-state index in [1.54, 1.807) is 6.92 Å². The molecule has 0 aliphatic heterocycles. The Morgan fingerprint density at radius 3 is 2.47 bits per heavy atom. The molecule has 0 fully saturated rings. The normalized spacial score (nSPS) is 13.3. The van der Waals surface area contributed by atoms with Crippen LogP contribution in [0.1, 0.15) is 12.2 Å². The largest absolute Gasteiger partial charge is 0.390 e. The van der Waals surface area contributed by atoms with Crippen molar-refractivity contribution >= 4 is 10.0 Å². The molecule has 1 aromatic heterocycles. The first kappa shape index (κ1) is 14.0. The molecule has 0 saturated carbocycles. The van der Waals surface area contributed by atoms with Gasteiger partial charge in [-0.2, -0.15) is 17.5 Å². The molecule has 98 valence electrons. The molecular weight excluding hydrogens is 259 g/mol. The molecular formula is C8H12F3N3O2S. The van der Waals surface area contributed by atoms with Gasteiger partial charge in [0, 0.05) is 13.6 Å². The summed E-state index contributed by atoms with van der Waals surface area (Å²) in [5.41, 5.74) is 0. The lowest BCUT2D eigenvalue weighted by atomic mass is 10.4. The van der Waals surface area contributed by atoms with Gasteiger partial charge in [-0.1, -0.05) is 0 Å². The third kappa shape index (κ3) is 3.70. The van der Waals surface area contributed by atoms with Gasteiger partial charge in [0.15, 0.2) is 5.03 Å². The average Bonchev–Trinajstić information content (AvgIpc) is 2.60. The molecule has 1 aromatic rings. The molecule has 0 bridgehead atoms. The van der Waals surface area contributed by atoms with Crippen molar-refractivity contribution in [2.75, 3.05) is 13.6 Å². The molecule has 5 nitrogen and oxygen atoms in total.